The maximum atomic E-state index is 6.75. The second-order valence-corrected chi connectivity index (χ2v) is 16.5. The fourth-order valence-electron chi connectivity index (χ4n) is 3.74. The predicted molar refractivity (Wildman–Crippen MR) is 97.7 cm³/mol. The van der Waals surface area contributed by atoms with Crippen LogP contribution in [0.5, 0.6) is 0 Å². The van der Waals surface area contributed by atoms with Crippen molar-refractivity contribution in [2.45, 2.75) is 96.8 Å². The Labute approximate surface area is 134 Å². The minimum atomic E-state index is -1.71. The molecule has 0 bridgehead atoms. The summed E-state index contributed by atoms with van der Waals surface area (Å²) >= 11 is 0. The van der Waals surface area contributed by atoms with E-state index in [0.29, 0.717) is 0 Å². The third-order valence-corrected chi connectivity index (χ3v) is 12.1. The van der Waals surface area contributed by atoms with Gasteiger partial charge < -0.3 is 8.85 Å². The normalized spacial score (nSPS) is 17.0. The van der Waals surface area contributed by atoms with Crippen molar-refractivity contribution >= 4 is 16.6 Å². The molecule has 0 spiro atoms. The minimum Gasteiger partial charge on any atom is -0.547 e. The van der Waals surface area contributed by atoms with Crippen molar-refractivity contribution in [3.8, 4) is 0 Å². The van der Waals surface area contributed by atoms with Crippen molar-refractivity contribution < 1.29 is 8.85 Å². The van der Waals surface area contributed by atoms with Crippen LogP contribution in [0.25, 0.3) is 0 Å². The van der Waals surface area contributed by atoms with Gasteiger partial charge in [0, 0.05) is 12.5 Å². The van der Waals surface area contributed by atoms with Crippen LogP contribution in [0, 0.1) is 0 Å². The Hall–Kier alpha value is -0.0662. The van der Waals surface area contributed by atoms with Gasteiger partial charge in [-0.25, -0.2) is 0 Å². The van der Waals surface area contributed by atoms with E-state index >= 15 is 0 Å². The fourth-order valence-corrected chi connectivity index (χ4v) is 10.2. The van der Waals surface area contributed by atoms with Crippen molar-refractivity contribution in [3.05, 3.63) is 11.8 Å². The summed E-state index contributed by atoms with van der Waals surface area (Å²) in [7, 11) is -3.26. The standard InChI is InChI=1S/C17H36O2Si2/c1-8-21(9-2,10-3)19-17(4,5)15-20(6,7)18-16-13-11-12-14-16/h13H,8-12,14-15H2,1-7H3. The number of allylic oxidation sites excluding steroid dienone is 2. The highest BCUT2D eigenvalue weighted by molar-refractivity contribution is 6.74. The molecule has 0 saturated heterocycles. The van der Waals surface area contributed by atoms with E-state index in [-0.39, 0.29) is 5.60 Å². The lowest BCUT2D eigenvalue weighted by atomic mass is 10.2. The molecule has 4 heteroatoms. The van der Waals surface area contributed by atoms with E-state index in [1.54, 1.807) is 0 Å². The van der Waals surface area contributed by atoms with Gasteiger partial charge in [0.25, 0.3) is 0 Å². The molecule has 0 aliphatic heterocycles. The molecule has 0 N–H and O–H groups in total. The Morgan fingerprint density at radius 2 is 1.67 bits per heavy atom. The Bertz CT molecular complexity index is 350. The van der Waals surface area contributed by atoms with E-state index in [0.717, 1.165) is 12.5 Å². The van der Waals surface area contributed by atoms with E-state index < -0.39 is 16.6 Å². The molecule has 1 aliphatic carbocycles. The fraction of sp³-hybridized carbons (Fsp3) is 0.882. The molecule has 0 unspecified atom stereocenters. The summed E-state index contributed by atoms with van der Waals surface area (Å²) in [5, 5.41) is 0. The minimum absolute atomic E-state index is 0.0524. The SMILES string of the molecule is CC[Si](CC)(CC)OC(C)(C)C[Si](C)(C)OC1=CCCC1. The van der Waals surface area contributed by atoms with E-state index in [2.05, 4.69) is 53.8 Å². The third-order valence-electron chi connectivity index (χ3n) is 4.68. The number of rotatable bonds is 9. The quantitative estimate of drug-likeness (QED) is 0.478. The van der Waals surface area contributed by atoms with Gasteiger partial charge in [0.1, 0.15) is 0 Å². The zero-order valence-electron chi connectivity index (χ0n) is 15.3. The monoisotopic (exact) mass is 328 g/mol. The van der Waals surface area contributed by atoms with Crippen molar-refractivity contribution in [2.75, 3.05) is 0 Å². The topological polar surface area (TPSA) is 18.5 Å². The highest BCUT2D eigenvalue weighted by Gasteiger charge is 2.40. The van der Waals surface area contributed by atoms with Gasteiger partial charge in [-0.2, -0.15) is 0 Å². The molecular formula is C17H36O2Si2. The smallest absolute Gasteiger partial charge is 0.247 e. The van der Waals surface area contributed by atoms with Crippen LogP contribution in [-0.4, -0.2) is 22.2 Å². The van der Waals surface area contributed by atoms with Gasteiger partial charge in [0.2, 0.25) is 8.32 Å². The summed E-state index contributed by atoms with van der Waals surface area (Å²) in [5.41, 5.74) is -0.0524. The average Bonchev–Trinajstić information content (AvgIpc) is 2.86. The van der Waals surface area contributed by atoms with E-state index in [4.69, 9.17) is 8.85 Å². The van der Waals surface area contributed by atoms with Crippen LogP contribution < -0.4 is 0 Å². The highest BCUT2D eigenvalue weighted by Crippen LogP contribution is 2.34. The summed E-state index contributed by atoms with van der Waals surface area (Å²) in [5.74, 6) is 1.24. The Morgan fingerprint density at radius 3 is 2.10 bits per heavy atom. The first-order valence-electron chi connectivity index (χ1n) is 8.76. The Balaban J connectivity index is 2.68. The predicted octanol–water partition coefficient (Wildman–Crippen LogP) is 6.08. The second kappa shape index (κ2) is 7.47. The lowest BCUT2D eigenvalue weighted by Crippen LogP contribution is -2.48. The van der Waals surface area contributed by atoms with E-state index in [9.17, 15) is 0 Å². The number of hydrogen-bond donors (Lipinski definition) is 0. The molecule has 0 aromatic rings. The van der Waals surface area contributed by atoms with Crippen molar-refractivity contribution in [1.82, 2.24) is 0 Å². The molecule has 0 aromatic carbocycles. The van der Waals surface area contributed by atoms with Gasteiger partial charge in [-0.3, -0.25) is 0 Å². The van der Waals surface area contributed by atoms with Crippen LogP contribution in [0.1, 0.15) is 53.9 Å². The van der Waals surface area contributed by atoms with Gasteiger partial charge in [0.05, 0.1) is 11.4 Å². The summed E-state index contributed by atoms with van der Waals surface area (Å²) in [6, 6.07) is 4.73. The van der Waals surface area contributed by atoms with Crippen molar-refractivity contribution in [3.63, 3.8) is 0 Å². The van der Waals surface area contributed by atoms with E-state index in [1.165, 1.54) is 36.7 Å². The summed E-state index contributed by atoms with van der Waals surface area (Å²) in [6.07, 6.45) is 5.87. The van der Waals surface area contributed by atoms with Gasteiger partial charge in [-0.05, 0) is 64.0 Å². The van der Waals surface area contributed by atoms with Crippen molar-refractivity contribution in [2.24, 2.45) is 0 Å². The molecule has 21 heavy (non-hydrogen) atoms. The van der Waals surface area contributed by atoms with Crippen molar-refractivity contribution in [1.29, 1.82) is 0 Å². The summed E-state index contributed by atoms with van der Waals surface area (Å²) in [4.78, 5) is 0. The number of hydrogen-bond acceptors (Lipinski definition) is 2. The van der Waals surface area contributed by atoms with E-state index in [1.807, 2.05) is 0 Å². The largest absolute Gasteiger partial charge is 0.547 e. The van der Waals surface area contributed by atoms with Gasteiger partial charge in [0.15, 0.2) is 8.32 Å². The molecule has 0 aromatic heterocycles. The zero-order valence-corrected chi connectivity index (χ0v) is 17.3. The molecule has 0 heterocycles. The molecule has 124 valence electrons. The average molecular weight is 329 g/mol. The molecule has 0 amide bonds. The maximum Gasteiger partial charge on any atom is 0.247 e. The lowest BCUT2D eigenvalue weighted by Gasteiger charge is -2.41. The molecule has 1 aliphatic rings. The first-order chi connectivity index (χ1) is 9.67. The molecule has 0 fully saturated rings. The van der Waals surface area contributed by atoms with Crippen LogP contribution >= 0.6 is 0 Å². The summed E-state index contributed by atoms with van der Waals surface area (Å²) < 4.78 is 13.1. The maximum absolute atomic E-state index is 6.75. The molecule has 0 saturated carbocycles. The molecule has 1 rings (SSSR count). The molecular weight excluding hydrogens is 292 g/mol. The highest BCUT2D eigenvalue weighted by atomic mass is 28.4. The third kappa shape index (κ3) is 5.91. The first kappa shape index (κ1) is 19.0. The molecule has 0 atom stereocenters. The molecule has 0 radical (unpaired) electrons. The van der Waals surface area contributed by atoms with Crippen LogP contribution in [0.3, 0.4) is 0 Å². The van der Waals surface area contributed by atoms with Crippen LogP contribution in [0.15, 0.2) is 11.8 Å². The van der Waals surface area contributed by atoms with Crippen LogP contribution in [0.4, 0.5) is 0 Å². The lowest BCUT2D eigenvalue weighted by molar-refractivity contribution is 0.110. The van der Waals surface area contributed by atoms with Gasteiger partial charge >= 0.3 is 0 Å². The first-order valence-corrected chi connectivity index (χ1v) is 14.4. The summed E-state index contributed by atoms with van der Waals surface area (Å²) in [6.45, 7) is 16.1. The van der Waals surface area contributed by atoms with Gasteiger partial charge in [-0.15, -0.1) is 0 Å². The second-order valence-electron chi connectivity index (χ2n) is 7.71. The van der Waals surface area contributed by atoms with Crippen LogP contribution in [-0.2, 0) is 8.85 Å². The molecule has 2 nitrogen and oxygen atoms in total. The zero-order chi connectivity index (χ0) is 16.1. The van der Waals surface area contributed by atoms with Crippen LogP contribution in [0.2, 0.25) is 37.3 Å². The van der Waals surface area contributed by atoms with Gasteiger partial charge in [-0.1, -0.05) is 20.8 Å². The Morgan fingerprint density at radius 1 is 1.10 bits per heavy atom. The Kier molecular flexibility index (Phi) is 6.75.